The minimum absolute atomic E-state index is 0.221. The van der Waals surface area contributed by atoms with Crippen molar-refractivity contribution in [2.75, 3.05) is 7.11 Å². The molecule has 2 aromatic rings. The van der Waals surface area contributed by atoms with Gasteiger partial charge in [-0.2, -0.15) is 5.26 Å². The lowest BCUT2D eigenvalue weighted by molar-refractivity contribution is 0.0982. The topological polar surface area (TPSA) is 63.0 Å². The van der Waals surface area contributed by atoms with Crippen molar-refractivity contribution in [3.63, 3.8) is 0 Å². The maximum absolute atomic E-state index is 12.3. The van der Waals surface area contributed by atoms with Gasteiger partial charge >= 0.3 is 0 Å². The predicted octanol–water partition coefficient (Wildman–Crippen LogP) is 2.95. The number of carbonyl (C=O) groups excluding carboxylic acids is 1. The summed E-state index contributed by atoms with van der Waals surface area (Å²) in [5.74, 6) is -0.415. The normalized spacial score (nSPS) is 11.6. The van der Waals surface area contributed by atoms with Gasteiger partial charge in [-0.05, 0) is 24.6 Å². The van der Waals surface area contributed by atoms with Crippen molar-refractivity contribution in [3.8, 4) is 11.8 Å². The van der Waals surface area contributed by atoms with Crippen LogP contribution in [0.25, 0.3) is 0 Å². The summed E-state index contributed by atoms with van der Waals surface area (Å²) in [6.45, 7) is 1.83. The van der Waals surface area contributed by atoms with Crippen LogP contribution in [0, 0.1) is 18.3 Å². The van der Waals surface area contributed by atoms with E-state index in [4.69, 9.17) is 4.74 Å². The fourth-order valence-electron chi connectivity index (χ4n) is 1.72. The van der Waals surface area contributed by atoms with Crippen molar-refractivity contribution in [2.45, 2.75) is 12.8 Å². The van der Waals surface area contributed by atoms with Crippen LogP contribution in [0.1, 0.15) is 26.2 Å². The summed E-state index contributed by atoms with van der Waals surface area (Å²) in [5, 5.41) is 10.1. The van der Waals surface area contributed by atoms with Crippen LogP contribution in [0.3, 0.4) is 0 Å². The molecule has 0 radical (unpaired) electrons. The summed E-state index contributed by atoms with van der Waals surface area (Å²) in [6.07, 6.45) is 1.52. The van der Waals surface area contributed by atoms with Crippen molar-refractivity contribution >= 4 is 17.1 Å². The Morgan fingerprint density at radius 3 is 2.89 bits per heavy atom. The molecule has 2 rings (SSSR count). The van der Waals surface area contributed by atoms with Gasteiger partial charge in [0.25, 0.3) is 0 Å². The predicted molar refractivity (Wildman–Crippen MR) is 72.5 cm³/mol. The second kappa shape index (κ2) is 5.63. The first-order chi connectivity index (χ1) is 9.15. The molecular weight excluding hydrogens is 260 g/mol. The summed E-state index contributed by atoms with van der Waals surface area (Å²) in [5.41, 5.74) is 0.637. The number of ether oxygens (including phenoxy) is 1. The Labute approximate surface area is 115 Å². The van der Waals surface area contributed by atoms with Gasteiger partial charge in [0.1, 0.15) is 11.7 Å². The maximum Gasteiger partial charge on any atom is 0.195 e. The van der Waals surface area contributed by atoms with Gasteiger partial charge in [-0.1, -0.05) is 12.1 Å². The molecule has 1 unspecified atom stereocenters. The number of hydrogen-bond donors (Lipinski definition) is 0. The molecule has 5 heteroatoms. The molecule has 1 atom stereocenters. The number of aryl methyl sites for hydroxylation is 1. The molecule has 0 N–H and O–H groups in total. The number of thiazole rings is 1. The number of aromatic nitrogens is 1. The lowest BCUT2D eigenvalue weighted by Gasteiger charge is -2.08. The van der Waals surface area contributed by atoms with E-state index in [1.807, 2.05) is 6.92 Å². The van der Waals surface area contributed by atoms with Gasteiger partial charge in [-0.15, -0.1) is 11.3 Å². The number of benzene rings is 1. The first-order valence-corrected chi connectivity index (χ1v) is 6.47. The zero-order valence-corrected chi connectivity index (χ0v) is 11.4. The molecule has 0 saturated carbocycles. The van der Waals surface area contributed by atoms with Gasteiger partial charge in [0.05, 0.1) is 23.1 Å². The standard InChI is InChI=1S/C14H12N2O2S/c1-9-16-8-13(19-9)14(17)12(7-15)10-4-3-5-11(6-10)18-2/h3-6,8,12H,1-2H3. The molecule has 0 bridgehead atoms. The Kier molecular flexibility index (Phi) is 3.93. The quantitative estimate of drug-likeness (QED) is 0.803. The van der Waals surface area contributed by atoms with Crippen LogP contribution in [-0.2, 0) is 0 Å². The third kappa shape index (κ3) is 2.80. The second-order valence-corrected chi connectivity index (χ2v) is 5.18. The summed E-state index contributed by atoms with van der Waals surface area (Å²) >= 11 is 1.30. The average Bonchev–Trinajstić information content (AvgIpc) is 2.86. The zero-order valence-electron chi connectivity index (χ0n) is 10.6. The molecule has 0 saturated heterocycles. The van der Waals surface area contributed by atoms with Crippen LogP contribution in [0.2, 0.25) is 0 Å². The van der Waals surface area contributed by atoms with Crippen molar-refractivity contribution in [1.82, 2.24) is 4.98 Å². The first-order valence-electron chi connectivity index (χ1n) is 5.66. The van der Waals surface area contributed by atoms with Crippen molar-refractivity contribution in [3.05, 3.63) is 45.9 Å². The van der Waals surface area contributed by atoms with E-state index >= 15 is 0 Å². The number of nitrogens with zero attached hydrogens (tertiary/aromatic N) is 2. The fourth-order valence-corrected chi connectivity index (χ4v) is 2.47. The van der Waals surface area contributed by atoms with Gasteiger partial charge in [0, 0.05) is 6.20 Å². The number of carbonyl (C=O) groups is 1. The van der Waals surface area contributed by atoms with E-state index in [0.717, 1.165) is 5.01 Å². The van der Waals surface area contributed by atoms with Crippen LogP contribution in [-0.4, -0.2) is 17.9 Å². The van der Waals surface area contributed by atoms with Crippen molar-refractivity contribution < 1.29 is 9.53 Å². The van der Waals surface area contributed by atoms with E-state index < -0.39 is 5.92 Å². The average molecular weight is 272 g/mol. The highest BCUT2D eigenvalue weighted by Gasteiger charge is 2.23. The third-order valence-electron chi connectivity index (χ3n) is 2.68. The lowest BCUT2D eigenvalue weighted by Crippen LogP contribution is -2.09. The molecular formula is C14H12N2O2S. The zero-order chi connectivity index (χ0) is 13.8. The molecule has 0 aliphatic rings. The molecule has 0 aliphatic carbocycles. The number of nitriles is 1. The Morgan fingerprint density at radius 1 is 1.53 bits per heavy atom. The van der Waals surface area contributed by atoms with Crippen LogP contribution >= 0.6 is 11.3 Å². The number of ketones is 1. The lowest BCUT2D eigenvalue weighted by atomic mass is 9.95. The highest BCUT2D eigenvalue weighted by molar-refractivity contribution is 7.13. The largest absolute Gasteiger partial charge is 0.497 e. The molecule has 19 heavy (non-hydrogen) atoms. The summed E-state index contributed by atoms with van der Waals surface area (Å²) in [6, 6.07) is 9.06. The molecule has 0 aliphatic heterocycles. The first kappa shape index (κ1) is 13.2. The molecule has 1 heterocycles. The van der Waals surface area contributed by atoms with Crippen molar-refractivity contribution in [1.29, 1.82) is 5.26 Å². The number of rotatable bonds is 4. The van der Waals surface area contributed by atoms with E-state index in [0.29, 0.717) is 16.2 Å². The Morgan fingerprint density at radius 2 is 2.32 bits per heavy atom. The van der Waals surface area contributed by atoms with Crippen LogP contribution in [0.4, 0.5) is 0 Å². The second-order valence-electron chi connectivity index (χ2n) is 3.95. The van der Waals surface area contributed by atoms with Gasteiger partial charge in [0.2, 0.25) is 0 Å². The van der Waals surface area contributed by atoms with Crippen LogP contribution in [0.15, 0.2) is 30.5 Å². The monoisotopic (exact) mass is 272 g/mol. The molecule has 96 valence electrons. The van der Waals surface area contributed by atoms with Gasteiger partial charge < -0.3 is 4.74 Å². The number of Topliss-reactive ketones (excluding diaryl/α,β-unsaturated/α-hetero) is 1. The smallest absolute Gasteiger partial charge is 0.195 e. The summed E-state index contributed by atoms with van der Waals surface area (Å²) in [4.78, 5) is 16.8. The van der Waals surface area contributed by atoms with E-state index in [1.165, 1.54) is 17.5 Å². The molecule has 0 amide bonds. The molecule has 4 nitrogen and oxygen atoms in total. The molecule has 1 aromatic carbocycles. The highest BCUT2D eigenvalue weighted by Crippen LogP contribution is 2.26. The third-order valence-corrected chi connectivity index (χ3v) is 3.61. The van der Waals surface area contributed by atoms with Crippen LogP contribution in [0.5, 0.6) is 5.75 Å². The summed E-state index contributed by atoms with van der Waals surface area (Å²) in [7, 11) is 1.55. The SMILES string of the molecule is COc1cccc(C(C#N)C(=O)c2cnc(C)s2)c1. The molecule has 0 spiro atoms. The minimum atomic E-state index is -0.824. The van der Waals surface area contributed by atoms with Gasteiger partial charge in [-0.25, -0.2) is 4.98 Å². The number of methoxy groups -OCH3 is 1. The molecule has 0 fully saturated rings. The molecule has 1 aromatic heterocycles. The fraction of sp³-hybridized carbons (Fsp3) is 0.214. The van der Waals surface area contributed by atoms with Gasteiger partial charge in [-0.3, -0.25) is 4.79 Å². The van der Waals surface area contributed by atoms with Crippen LogP contribution < -0.4 is 4.74 Å². The van der Waals surface area contributed by atoms with E-state index in [-0.39, 0.29) is 5.78 Å². The summed E-state index contributed by atoms with van der Waals surface area (Å²) < 4.78 is 5.11. The highest BCUT2D eigenvalue weighted by atomic mass is 32.1. The van der Waals surface area contributed by atoms with E-state index in [2.05, 4.69) is 11.1 Å². The van der Waals surface area contributed by atoms with E-state index in [9.17, 15) is 10.1 Å². The Balaban J connectivity index is 2.34. The Bertz CT molecular complexity index is 643. The van der Waals surface area contributed by atoms with Crippen molar-refractivity contribution in [2.24, 2.45) is 0 Å². The maximum atomic E-state index is 12.3. The van der Waals surface area contributed by atoms with Gasteiger partial charge in [0.15, 0.2) is 5.78 Å². The number of hydrogen-bond acceptors (Lipinski definition) is 5. The van der Waals surface area contributed by atoms with E-state index in [1.54, 1.807) is 31.4 Å². The minimum Gasteiger partial charge on any atom is -0.497 e. The Hall–Kier alpha value is -2.19.